The normalized spacial score (nSPS) is 46.7. The van der Waals surface area contributed by atoms with Crippen LogP contribution in [0.1, 0.15) is 12.8 Å². The lowest BCUT2D eigenvalue weighted by atomic mass is 9.82. The Morgan fingerprint density at radius 2 is 1.50 bits per heavy atom. The maximum Gasteiger partial charge on any atom is 0.0226 e. The number of hydrogen-bond donors (Lipinski definition) is 0. The summed E-state index contributed by atoms with van der Waals surface area (Å²) in [6, 6.07) is 0. The van der Waals surface area contributed by atoms with Crippen LogP contribution in [0, 0.1) is 23.7 Å². The second-order valence-electron chi connectivity index (χ2n) is 2.15. The minimum atomic E-state index is 0.829. The third-order valence-corrected chi connectivity index (χ3v) is 1.63. The average Bonchev–Trinajstić information content (AvgIpc) is 1.72. The third kappa shape index (κ3) is 0.148. The van der Waals surface area contributed by atoms with Gasteiger partial charge in [-0.2, -0.15) is 0 Å². The first-order valence-corrected chi connectivity index (χ1v) is 2.46. The molecule has 0 aromatic heterocycles. The summed E-state index contributed by atoms with van der Waals surface area (Å²) in [5, 5.41) is 0. The van der Waals surface area contributed by atoms with Crippen LogP contribution in [0.15, 0.2) is 0 Å². The van der Waals surface area contributed by atoms with Crippen molar-refractivity contribution in [2.75, 3.05) is 0 Å². The summed E-state index contributed by atoms with van der Waals surface area (Å²) in [6.07, 6.45) is 2.72. The lowest BCUT2D eigenvalue weighted by molar-refractivity contribution is 0.342. The number of rotatable bonds is 0. The zero-order chi connectivity index (χ0) is 3.98. The van der Waals surface area contributed by atoms with E-state index in [0.29, 0.717) is 0 Å². The first kappa shape index (κ1) is 2.69. The van der Waals surface area contributed by atoms with Crippen LogP contribution >= 0.6 is 0 Å². The van der Waals surface area contributed by atoms with Crippen molar-refractivity contribution in [1.82, 2.24) is 0 Å². The van der Waals surface area contributed by atoms with Gasteiger partial charge in [-0.3, -0.25) is 0 Å². The second-order valence-corrected chi connectivity index (χ2v) is 2.15. The first-order valence-electron chi connectivity index (χ1n) is 2.46. The second kappa shape index (κ2) is 0.632. The molecular formula is C6H6. The van der Waals surface area contributed by atoms with Crippen LogP contribution < -0.4 is 0 Å². The molecule has 0 aromatic rings. The van der Waals surface area contributed by atoms with Crippen LogP contribution in [0.2, 0.25) is 0 Å². The summed E-state index contributed by atoms with van der Waals surface area (Å²) in [7, 11) is 0. The Morgan fingerprint density at radius 1 is 1.00 bits per heavy atom. The molecule has 0 nitrogen and oxygen atoms in total. The highest BCUT2D eigenvalue weighted by atomic mass is 14.3. The van der Waals surface area contributed by atoms with Crippen molar-refractivity contribution in [3.05, 3.63) is 0 Å². The van der Waals surface area contributed by atoms with Crippen LogP contribution in [0.5, 0.6) is 0 Å². The molecule has 0 saturated heterocycles. The summed E-state index contributed by atoms with van der Waals surface area (Å²) >= 11 is 0. The molecular weight excluding hydrogens is 72.1 g/mol. The van der Waals surface area contributed by atoms with E-state index in [2.05, 4.69) is 11.8 Å². The number of hydrogen-bond acceptors (Lipinski definition) is 0. The Kier molecular flexibility index (Phi) is 0.283. The molecule has 6 heavy (non-hydrogen) atoms. The van der Waals surface area contributed by atoms with E-state index >= 15 is 0 Å². The lowest BCUT2D eigenvalue weighted by Crippen LogP contribution is -2.13. The molecule has 0 N–H and O–H groups in total. The van der Waals surface area contributed by atoms with Crippen LogP contribution in [0.3, 0.4) is 0 Å². The van der Waals surface area contributed by atoms with E-state index in [1.54, 1.807) is 0 Å². The molecule has 2 bridgehead atoms. The molecule has 3 aliphatic carbocycles. The monoisotopic (exact) mass is 78.0 g/mol. The van der Waals surface area contributed by atoms with E-state index in [-0.39, 0.29) is 0 Å². The quantitative estimate of drug-likeness (QED) is 0.379. The van der Waals surface area contributed by atoms with Gasteiger partial charge >= 0.3 is 0 Å². The fourth-order valence-corrected chi connectivity index (χ4v) is 1.09. The van der Waals surface area contributed by atoms with Gasteiger partial charge in [0.2, 0.25) is 0 Å². The Hall–Kier alpha value is -0.440. The Labute approximate surface area is 37.6 Å². The molecule has 1 saturated carbocycles. The Morgan fingerprint density at radius 3 is 1.67 bits per heavy atom. The van der Waals surface area contributed by atoms with Crippen molar-refractivity contribution in [1.29, 1.82) is 0 Å². The van der Waals surface area contributed by atoms with Crippen molar-refractivity contribution < 1.29 is 0 Å². The van der Waals surface area contributed by atoms with Gasteiger partial charge in [-0.05, 0) is 12.8 Å². The van der Waals surface area contributed by atoms with Gasteiger partial charge < -0.3 is 0 Å². The fraction of sp³-hybridized carbons (Fsp3) is 0.667. The first-order chi connectivity index (χ1) is 2.95. The molecule has 30 valence electrons. The molecule has 0 unspecified atom stereocenters. The topological polar surface area (TPSA) is 0 Å². The van der Waals surface area contributed by atoms with E-state index in [9.17, 15) is 0 Å². The van der Waals surface area contributed by atoms with Gasteiger partial charge in [-0.1, -0.05) is 11.8 Å². The maximum absolute atomic E-state index is 3.14. The van der Waals surface area contributed by atoms with Crippen LogP contribution in [-0.4, -0.2) is 0 Å². The summed E-state index contributed by atoms with van der Waals surface area (Å²) in [4.78, 5) is 0. The Balaban J connectivity index is 2.38. The SMILES string of the molecule is C1#CC2CC1C2. The molecule has 0 atom stereocenters. The summed E-state index contributed by atoms with van der Waals surface area (Å²) in [6.45, 7) is 0. The van der Waals surface area contributed by atoms with Gasteiger partial charge in [-0.15, -0.1) is 0 Å². The van der Waals surface area contributed by atoms with Crippen LogP contribution in [0.25, 0.3) is 0 Å². The minimum Gasteiger partial charge on any atom is -0.0995 e. The smallest absolute Gasteiger partial charge is 0.0226 e. The van der Waals surface area contributed by atoms with Crippen molar-refractivity contribution in [3.63, 3.8) is 0 Å². The van der Waals surface area contributed by atoms with Crippen molar-refractivity contribution in [3.8, 4) is 11.8 Å². The standard InChI is InChI=1S/C6H6/c1-2-6-3-5(1)4-6/h5-6H,3-4H2. The maximum atomic E-state index is 3.14. The van der Waals surface area contributed by atoms with Crippen LogP contribution in [-0.2, 0) is 0 Å². The summed E-state index contributed by atoms with van der Waals surface area (Å²) in [5.41, 5.74) is 0. The van der Waals surface area contributed by atoms with E-state index in [1.807, 2.05) is 0 Å². The van der Waals surface area contributed by atoms with E-state index in [0.717, 1.165) is 11.8 Å². The molecule has 0 radical (unpaired) electrons. The molecule has 0 amide bonds. The van der Waals surface area contributed by atoms with E-state index in [4.69, 9.17) is 0 Å². The molecule has 0 aromatic carbocycles. The van der Waals surface area contributed by atoms with Gasteiger partial charge in [0, 0.05) is 11.8 Å². The third-order valence-electron chi connectivity index (χ3n) is 1.63. The highest BCUT2D eigenvalue weighted by molar-refractivity contribution is 5.23. The van der Waals surface area contributed by atoms with Gasteiger partial charge in [0.1, 0.15) is 0 Å². The fourth-order valence-electron chi connectivity index (χ4n) is 1.09. The summed E-state index contributed by atoms with van der Waals surface area (Å²) in [5.74, 6) is 7.94. The van der Waals surface area contributed by atoms with E-state index < -0.39 is 0 Å². The van der Waals surface area contributed by atoms with E-state index in [1.165, 1.54) is 12.8 Å². The molecule has 3 aliphatic rings. The van der Waals surface area contributed by atoms with Gasteiger partial charge in [0.15, 0.2) is 0 Å². The predicted octanol–water partition coefficient (Wildman–Crippen LogP) is 1.03. The van der Waals surface area contributed by atoms with Gasteiger partial charge in [0.25, 0.3) is 0 Å². The van der Waals surface area contributed by atoms with Crippen molar-refractivity contribution >= 4 is 0 Å². The van der Waals surface area contributed by atoms with Crippen molar-refractivity contribution in [2.45, 2.75) is 12.8 Å². The molecule has 0 heteroatoms. The molecule has 1 fully saturated rings. The zero-order valence-electron chi connectivity index (χ0n) is 3.57. The Bertz CT molecular complexity index is 107. The predicted molar refractivity (Wildman–Crippen MR) is 24.0 cm³/mol. The highest BCUT2D eigenvalue weighted by Gasteiger charge is 2.30. The highest BCUT2D eigenvalue weighted by Crippen LogP contribution is 2.37. The molecule has 0 aliphatic heterocycles. The van der Waals surface area contributed by atoms with Gasteiger partial charge in [0.05, 0.1) is 0 Å². The average molecular weight is 78.1 g/mol. The summed E-state index contributed by atoms with van der Waals surface area (Å²) < 4.78 is 0. The zero-order valence-corrected chi connectivity index (χ0v) is 3.57. The minimum absolute atomic E-state index is 0.829. The van der Waals surface area contributed by atoms with Crippen LogP contribution in [0.4, 0.5) is 0 Å². The molecule has 0 spiro atoms. The van der Waals surface area contributed by atoms with Gasteiger partial charge in [-0.25, -0.2) is 0 Å². The largest absolute Gasteiger partial charge is 0.0995 e. The lowest BCUT2D eigenvalue weighted by Gasteiger charge is -2.19. The molecule has 0 heterocycles. The van der Waals surface area contributed by atoms with Crippen molar-refractivity contribution in [2.24, 2.45) is 11.8 Å². The molecule has 3 rings (SSSR count).